The zero-order valence-corrected chi connectivity index (χ0v) is 7.72. The van der Waals surface area contributed by atoms with Gasteiger partial charge in [-0.15, -0.1) is 0 Å². The van der Waals surface area contributed by atoms with Crippen LogP contribution in [0.3, 0.4) is 0 Å². The van der Waals surface area contributed by atoms with E-state index in [0.29, 0.717) is 16.7 Å². The fourth-order valence-electron chi connectivity index (χ4n) is 1.16. The molecule has 2 N–H and O–H groups in total. The molecule has 5 heteroatoms. The van der Waals surface area contributed by atoms with Gasteiger partial charge in [0, 0.05) is 0 Å². The van der Waals surface area contributed by atoms with Crippen molar-refractivity contribution in [1.29, 1.82) is 0 Å². The van der Waals surface area contributed by atoms with Gasteiger partial charge in [-0.3, -0.25) is 4.79 Å². The molecule has 4 nitrogen and oxygen atoms in total. The molecule has 0 spiro atoms. The fraction of sp³-hybridized carbons (Fsp3) is 0.250. The van der Waals surface area contributed by atoms with E-state index in [9.17, 15) is 4.79 Å². The first kappa shape index (κ1) is 8.31. The van der Waals surface area contributed by atoms with Crippen LogP contribution in [0.25, 0.3) is 0 Å². The molecule has 1 aromatic rings. The van der Waals surface area contributed by atoms with Crippen LogP contribution in [0.4, 0.5) is 11.5 Å². The molecule has 0 fully saturated rings. The number of nitrogens with zero attached hydrogens (tertiary/aromatic N) is 1. The minimum Gasteiger partial charge on any atom is -0.357 e. The summed E-state index contributed by atoms with van der Waals surface area (Å²) >= 11 is 5.70. The molecule has 0 bridgehead atoms. The lowest BCUT2D eigenvalue weighted by atomic mass is 10.2. The van der Waals surface area contributed by atoms with Crippen molar-refractivity contribution in [3.8, 4) is 0 Å². The van der Waals surface area contributed by atoms with Crippen LogP contribution in [0.1, 0.15) is 6.92 Å². The Labute approximate surface area is 80.3 Å². The Bertz CT molecular complexity index is 366. The maximum atomic E-state index is 11.2. The Morgan fingerprint density at radius 2 is 2.31 bits per heavy atom. The average molecular weight is 198 g/mol. The van der Waals surface area contributed by atoms with Gasteiger partial charge in [0.15, 0.2) is 5.82 Å². The van der Waals surface area contributed by atoms with Gasteiger partial charge >= 0.3 is 0 Å². The summed E-state index contributed by atoms with van der Waals surface area (Å²) in [6.45, 7) is 1.76. The third kappa shape index (κ3) is 1.45. The monoisotopic (exact) mass is 197 g/mol. The van der Waals surface area contributed by atoms with Crippen LogP contribution in [-0.2, 0) is 4.79 Å². The summed E-state index contributed by atoms with van der Waals surface area (Å²) in [7, 11) is 0. The zero-order chi connectivity index (χ0) is 9.42. The molecular formula is C8H8ClN3O. The predicted octanol–water partition coefficient (Wildman–Crippen LogP) is 1.49. The van der Waals surface area contributed by atoms with Crippen LogP contribution >= 0.6 is 11.6 Å². The van der Waals surface area contributed by atoms with Crippen molar-refractivity contribution in [3.63, 3.8) is 0 Å². The van der Waals surface area contributed by atoms with Gasteiger partial charge in [-0.2, -0.15) is 0 Å². The summed E-state index contributed by atoms with van der Waals surface area (Å²) in [6, 6.07) is 3.10. The van der Waals surface area contributed by atoms with Gasteiger partial charge < -0.3 is 10.6 Å². The van der Waals surface area contributed by atoms with Crippen LogP contribution in [0.2, 0.25) is 5.15 Å². The second-order valence-corrected chi connectivity index (χ2v) is 3.27. The standard InChI is InChI=1S/C8H8ClN3O/c1-4-8(13)11-5-2-3-6(9)12-7(5)10-4/h2-4H,1H3,(H,10,12)(H,11,13)/t4-/m1/s1. The third-order valence-corrected chi connectivity index (χ3v) is 2.08. The molecule has 0 saturated heterocycles. The second kappa shape index (κ2) is 2.88. The Morgan fingerprint density at radius 3 is 3.08 bits per heavy atom. The van der Waals surface area contributed by atoms with E-state index in [2.05, 4.69) is 15.6 Å². The van der Waals surface area contributed by atoms with E-state index < -0.39 is 0 Å². The maximum absolute atomic E-state index is 11.2. The van der Waals surface area contributed by atoms with E-state index in [0.717, 1.165) is 0 Å². The summed E-state index contributed by atoms with van der Waals surface area (Å²) in [4.78, 5) is 15.2. The number of anilines is 2. The molecule has 13 heavy (non-hydrogen) atoms. The smallest absolute Gasteiger partial charge is 0.246 e. The SMILES string of the molecule is C[C@H]1Nc2nc(Cl)ccc2NC1=O. The number of fused-ring (bicyclic) bond motifs is 1. The number of hydrogen-bond acceptors (Lipinski definition) is 3. The molecule has 2 heterocycles. The van der Waals surface area contributed by atoms with Crippen molar-refractivity contribution in [2.75, 3.05) is 10.6 Å². The van der Waals surface area contributed by atoms with Gasteiger partial charge in [-0.05, 0) is 19.1 Å². The van der Waals surface area contributed by atoms with Gasteiger partial charge in [-0.25, -0.2) is 4.98 Å². The van der Waals surface area contributed by atoms with Crippen LogP contribution < -0.4 is 10.6 Å². The number of carbonyl (C=O) groups excluding carboxylic acids is 1. The lowest BCUT2D eigenvalue weighted by Gasteiger charge is -2.22. The van der Waals surface area contributed by atoms with E-state index in [-0.39, 0.29) is 11.9 Å². The molecule has 0 aromatic carbocycles. The number of rotatable bonds is 0. The summed E-state index contributed by atoms with van der Waals surface area (Å²) in [5.41, 5.74) is 0.674. The highest BCUT2D eigenvalue weighted by Gasteiger charge is 2.21. The van der Waals surface area contributed by atoms with Crippen molar-refractivity contribution in [1.82, 2.24) is 4.98 Å². The second-order valence-electron chi connectivity index (χ2n) is 2.89. The van der Waals surface area contributed by atoms with Gasteiger partial charge in [0.2, 0.25) is 5.91 Å². The van der Waals surface area contributed by atoms with Crippen LogP contribution in [0.15, 0.2) is 12.1 Å². The molecule has 0 aliphatic carbocycles. The topological polar surface area (TPSA) is 54.0 Å². The molecule has 0 saturated carbocycles. The van der Waals surface area contributed by atoms with Crippen molar-refractivity contribution in [3.05, 3.63) is 17.3 Å². The van der Waals surface area contributed by atoms with Crippen molar-refractivity contribution >= 4 is 29.0 Å². The molecule has 0 unspecified atom stereocenters. The zero-order valence-electron chi connectivity index (χ0n) is 6.97. The number of amides is 1. The molecule has 1 aliphatic rings. The Kier molecular flexibility index (Phi) is 1.84. The highest BCUT2D eigenvalue weighted by molar-refractivity contribution is 6.29. The number of halogens is 1. The van der Waals surface area contributed by atoms with Gasteiger partial charge in [0.1, 0.15) is 11.2 Å². The summed E-state index contributed by atoms with van der Waals surface area (Å²) in [5, 5.41) is 6.07. The highest BCUT2D eigenvalue weighted by Crippen LogP contribution is 2.25. The quantitative estimate of drug-likeness (QED) is 0.620. The lowest BCUT2D eigenvalue weighted by molar-refractivity contribution is -0.116. The minimum atomic E-state index is -0.265. The van der Waals surface area contributed by atoms with Gasteiger partial charge in [0.05, 0.1) is 5.69 Å². The number of nitrogens with one attached hydrogen (secondary N) is 2. The first-order valence-electron chi connectivity index (χ1n) is 3.91. The molecule has 1 amide bonds. The number of hydrogen-bond donors (Lipinski definition) is 2. The van der Waals surface area contributed by atoms with E-state index in [1.807, 2.05) is 0 Å². The van der Waals surface area contributed by atoms with E-state index in [1.165, 1.54) is 0 Å². The normalized spacial score (nSPS) is 20.2. The van der Waals surface area contributed by atoms with Crippen LogP contribution in [0, 0.1) is 0 Å². The van der Waals surface area contributed by atoms with Crippen molar-refractivity contribution in [2.24, 2.45) is 0 Å². The van der Waals surface area contributed by atoms with E-state index >= 15 is 0 Å². The molecule has 1 atom stereocenters. The fourth-order valence-corrected chi connectivity index (χ4v) is 1.31. The maximum Gasteiger partial charge on any atom is 0.246 e. The van der Waals surface area contributed by atoms with Crippen molar-refractivity contribution < 1.29 is 4.79 Å². The van der Waals surface area contributed by atoms with Crippen LogP contribution in [-0.4, -0.2) is 16.9 Å². The molecular weight excluding hydrogens is 190 g/mol. The largest absolute Gasteiger partial charge is 0.357 e. The average Bonchev–Trinajstić information content (AvgIpc) is 2.08. The summed E-state index contributed by atoms with van der Waals surface area (Å²) in [6.07, 6.45) is 0. The predicted molar refractivity (Wildman–Crippen MR) is 51.0 cm³/mol. The highest BCUT2D eigenvalue weighted by atomic mass is 35.5. The van der Waals surface area contributed by atoms with E-state index in [1.54, 1.807) is 19.1 Å². The van der Waals surface area contributed by atoms with Crippen LogP contribution in [0.5, 0.6) is 0 Å². The van der Waals surface area contributed by atoms with Gasteiger partial charge in [-0.1, -0.05) is 11.6 Å². The molecule has 0 radical (unpaired) electrons. The Hall–Kier alpha value is -1.29. The Balaban J connectivity index is 2.42. The minimum absolute atomic E-state index is 0.0587. The molecule has 68 valence electrons. The summed E-state index contributed by atoms with van der Waals surface area (Å²) < 4.78 is 0. The number of pyridine rings is 1. The Morgan fingerprint density at radius 1 is 1.54 bits per heavy atom. The number of carbonyl (C=O) groups is 1. The third-order valence-electron chi connectivity index (χ3n) is 1.87. The molecule has 1 aromatic heterocycles. The van der Waals surface area contributed by atoms with E-state index in [4.69, 9.17) is 11.6 Å². The van der Waals surface area contributed by atoms with Gasteiger partial charge in [0.25, 0.3) is 0 Å². The molecule has 2 rings (SSSR count). The van der Waals surface area contributed by atoms with Crippen molar-refractivity contribution in [2.45, 2.75) is 13.0 Å². The first-order chi connectivity index (χ1) is 6.16. The lowest BCUT2D eigenvalue weighted by Crippen LogP contribution is -2.36. The summed E-state index contributed by atoms with van der Waals surface area (Å²) in [5.74, 6) is 0.566. The first-order valence-corrected chi connectivity index (χ1v) is 4.28. The molecule has 1 aliphatic heterocycles. The number of aromatic nitrogens is 1.